The van der Waals surface area contributed by atoms with E-state index >= 15 is 0 Å². The number of halogens is 1. The topological polar surface area (TPSA) is 70.0 Å². The Kier molecular flexibility index (Phi) is 5.01. The highest BCUT2D eigenvalue weighted by atomic mass is 35.5. The van der Waals surface area contributed by atoms with Gasteiger partial charge in [-0.15, -0.1) is 0 Å². The third-order valence-electron chi connectivity index (χ3n) is 3.03. The van der Waals surface area contributed by atoms with Gasteiger partial charge in [-0.3, -0.25) is 4.72 Å². The van der Waals surface area contributed by atoms with Gasteiger partial charge in [0.1, 0.15) is 10.3 Å². The van der Waals surface area contributed by atoms with Crippen molar-refractivity contribution in [1.82, 2.24) is 0 Å². The number of rotatable bonds is 4. The molecular weight excluding hydrogens is 340 g/mol. The molecular formula is C15H13ClN2O2S2. The Bertz CT molecular complexity index is 835. The molecule has 2 rings (SSSR count). The fourth-order valence-electron chi connectivity index (χ4n) is 2.05. The van der Waals surface area contributed by atoms with Crippen LogP contribution < -0.4 is 4.72 Å². The summed E-state index contributed by atoms with van der Waals surface area (Å²) in [6.07, 6.45) is 0. The number of thiocyanates is 1. The molecule has 0 radical (unpaired) electrons. The minimum Gasteiger partial charge on any atom is -0.279 e. The van der Waals surface area contributed by atoms with Crippen LogP contribution in [0, 0.1) is 24.5 Å². The lowest BCUT2D eigenvalue weighted by Gasteiger charge is -2.15. The molecule has 1 N–H and O–H groups in total. The maximum Gasteiger partial charge on any atom is 0.263 e. The van der Waals surface area contributed by atoms with Crippen molar-refractivity contribution < 1.29 is 8.42 Å². The summed E-state index contributed by atoms with van der Waals surface area (Å²) in [5, 5.41) is 10.9. The van der Waals surface area contributed by atoms with Crippen LogP contribution in [0.3, 0.4) is 0 Å². The third kappa shape index (κ3) is 3.55. The molecule has 0 aromatic heterocycles. The zero-order valence-electron chi connectivity index (χ0n) is 11.9. The number of nitrogens with one attached hydrogen (secondary N) is 1. The van der Waals surface area contributed by atoms with Crippen molar-refractivity contribution in [3.8, 4) is 5.40 Å². The van der Waals surface area contributed by atoms with Gasteiger partial charge in [0.25, 0.3) is 10.0 Å². The van der Waals surface area contributed by atoms with Crippen molar-refractivity contribution in [3.05, 3.63) is 52.5 Å². The van der Waals surface area contributed by atoms with E-state index in [1.165, 1.54) is 12.1 Å². The van der Waals surface area contributed by atoms with Crippen molar-refractivity contribution in [2.75, 3.05) is 4.72 Å². The molecule has 0 atom stereocenters. The monoisotopic (exact) mass is 352 g/mol. The molecule has 0 heterocycles. The van der Waals surface area contributed by atoms with Crippen LogP contribution >= 0.6 is 23.4 Å². The van der Waals surface area contributed by atoms with Gasteiger partial charge in [0, 0.05) is 4.90 Å². The molecule has 0 amide bonds. The average Bonchev–Trinajstić information content (AvgIpc) is 2.43. The fourth-order valence-corrected chi connectivity index (χ4v) is 4.35. The Labute approximate surface area is 139 Å². The maximum absolute atomic E-state index is 12.5. The molecule has 0 spiro atoms. The first-order valence-electron chi connectivity index (χ1n) is 6.29. The summed E-state index contributed by atoms with van der Waals surface area (Å²) in [5.74, 6) is 0. The Morgan fingerprint density at radius 3 is 2.32 bits per heavy atom. The van der Waals surface area contributed by atoms with Gasteiger partial charge in [-0.2, -0.15) is 5.26 Å². The van der Waals surface area contributed by atoms with E-state index in [1.807, 2.05) is 5.40 Å². The standard InChI is InChI=1S/C15H13ClN2O2S2/c1-10-7-12(21-9-17)8-11(2)15(10)18-22(19,20)14-6-4-3-5-13(14)16/h3-8,18H,1-2H3. The van der Waals surface area contributed by atoms with Crippen molar-refractivity contribution in [1.29, 1.82) is 5.26 Å². The second-order valence-corrected chi connectivity index (χ2v) is 7.58. The molecule has 0 aliphatic carbocycles. The lowest BCUT2D eigenvalue weighted by Crippen LogP contribution is -2.15. The fraction of sp³-hybridized carbons (Fsp3) is 0.133. The van der Waals surface area contributed by atoms with Crippen molar-refractivity contribution in [2.45, 2.75) is 23.6 Å². The first kappa shape index (κ1) is 16.7. The highest BCUT2D eigenvalue weighted by Crippen LogP contribution is 2.30. The maximum atomic E-state index is 12.5. The molecule has 4 nitrogen and oxygen atoms in total. The van der Waals surface area contributed by atoms with E-state index < -0.39 is 10.0 Å². The minimum absolute atomic E-state index is 0.0333. The van der Waals surface area contributed by atoms with Gasteiger partial charge in [0.05, 0.1) is 10.7 Å². The number of thioether (sulfide) groups is 1. The lowest BCUT2D eigenvalue weighted by molar-refractivity contribution is 0.601. The van der Waals surface area contributed by atoms with Gasteiger partial charge in [-0.1, -0.05) is 23.7 Å². The summed E-state index contributed by atoms with van der Waals surface area (Å²) in [5.41, 5.74) is 1.99. The molecule has 7 heteroatoms. The van der Waals surface area contributed by atoms with Gasteiger partial charge >= 0.3 is 0 Å². The van der Waals surface area contributed by atoms with E-state index in [0.717, 1.165) is 27.8 Å². The van der Waals surface area contributed by atoms with Crippen LogP contribution in [0.5, 0.6) is 0 Å². The summed E-state index contributed by atoms with van der Waals surface area (Å²) in [7, 11) is -3.77. The molecule has 0 fully saturated rings. The number of nitriles is 1. The number of nitrogens with zero attached hydrogens (tertiary/aromatic N) is 1. The van der Waals surface area contributed by atoms with E-state index in [1.54, 1.807) is 38.1 Å². The Hall–Kier alpha value is -1.68. The summed E-state index contributed by atoms with van der Waals surface area (Å²) in [6.45, 7) is 3.58. The zero-order valence-corrected chi connectivity index (χ0v) is 14.3. The van der Waals surface area contributed by atoms with Gasteiger partial charge in [0.2, 0.25) is 0 Å². The third-order valence-corrected chi connectivity index (χ3v) is 5.44. The summed E-state index contributed by atoms with van der Waals surface area (Å²) < 4.78 is 27.5. The highest BCUT2D eigenvalue weighted by molar-refractivity contribution is 8.03. The average molecular weight is 353 g/mol. The minimum atomic E-state index is -3.77. The molecule has 0 saturated heterocycles. The normalized spacial score (nSPS) is 11.0. The number of aryl methyl sites for hydroxylation is 2. The first-order valence-corrected chi connectivity index (χ1v) is 8.97. The molecule has 0 saturated carbocycles. The molecule has 0 bridgehead atoms. The second kappa shape index (κ2) is 6.61. The first-order chi connectivity index (χ1) is 10.3. The smallest absolute Gasteiger partial charge is 0.263 e. The van der Waals surface area contributed by atoms with Crippen LogP contribution in [-0.2, 0) is 10.0 Å². The molecule has 114 valence electrons. The van der Waals surface area contributed by atoms with Gasteiger partial charge in [0.15, 0.2) is 0 Å². The molecule has 0 unspecified atom stereocenters. The van der Waals surface area contributed by atoms with E-state index in [0.29, 0.717) is 5.69 Å². The van der Waals surface area contributed by atoms with Crippen LogP contribution in [0.1, 0.15) is 11.1 Å². The Balaban J connectivity index is 2.43. The SMILES string of the molecule is Cc1cc(SC#N)cc(C)c1NS(=O)(=O)c1ccccc1Cl. The van der Waals surface area contributed by atoms with E-state index in [-0.39, 0.29) is 9.92 Å². The van der Waals surface area contributed by atoms with Gasteiger partial charge in [-0.05, 0) is 61.0 Å². The van der Waals surface area contributed by atoms with Crippen LogP contribution in [0.2, 0.25) is 5.02 Å². The van der Waals surface area contributed by atoms with Gasteiger partial charge < -0.3 is 0 Å². The highest BCUT2D eigenvalue weighted by Gasteiger charge is 2.19. The Morgan fingerprint density at radius 1 is 1.18 bits per heavy atom. The number of sulfonamides is 1. The van der Waals surface area contributed by atoms with Crippen LogP contribution in [0.15, 0.2) is 46.2 Å². The van der Waals surface area contributed by atoms with Crippen LogP contribution in [0.4, 0.5) is 5.69 Å². The zero-order chi connectivity index (χ0) is 16.3. The number of anilines is 1. The largest absolute Gasteiger partial charge is 0.279 e. The second-order valence-electron chi connectivity index (χ2n) is 4.66. The van der Waals surface area contributed by atoms with Crippen LogP contribution in [-0.4, -0.2) is 8.42 Å². The number of hydrogen-bond acceptors (Lipinski definition) is 4. The summed E-state index contributed by atoms with van der Waals surface area (Å²) in [6, 6.07) is 9.81. The predicted molar refractivity (Wildman–Crippen MR) is 89.6 cm³/mol. The predicted octanol–water partition coefficient (Wildman–Crippen LogP) is 4.33. The molecule has 22 heavy (non-hydrogen) atoms. The number of hydrogen-bond donors (Lipinski definition) is 1. The quantitative estimate of drug-likeness (QED) is 0.656. The van der Waals surface area contributed by atoms with E-state index in [2.05, 4.69) is 4.72 Å². The van der Waals surface area contributed by atoms with Crippen molar-refractivity contribution in [2.24, 2.45) is 0 Å². The number of benzene rings is 2. The summed E-state index contributed by atoms with van der Waals surface area (Å²) >= 11 is 7.00. The molecule has 0 aliphatic heterocycles. The Morgan fingerprint density at radius 2 is 1.77 bits per heavy atom. The summed E-state index contributed by atoms with van der Waals surface area (Å²) in [4.78, 5) is 0.809. The van der Waals surface area contributed by atoms with Gasteiger partial charge in [-0.25, -0.2) is 8.42 Å². The molecule has 2 aromatic carbocycles. The van der Waals surface area contributed by atoms with Crippen molar-refractivity contribution >= 4 is 39.1 Å². The van der Waals surface area contributed by atoms with Crippen molar-refractivity contribution in [3.63, 3.8) is 0 Å². The van der Waals surface area contributed by atoms with E-state index in [4.69, 9.17) is 16.9 Å². The van der Waals surface area contributed by atoms with E-state index in [9.17, 15) is 8.42 Å². The lowest BCUT2D eigenvalue weighted by atomic mass is 10.1. The molecule has 0 aliphatic rings. The molecule has 2 aromatic rings. The van der Waals surface area contributed by atoms with Crippen LogP contribution in [0.25, 0.3) is 0 Å².